The molecule has 1 saturated carbocycles. The van der Waals surface area contributed by atoms with Crippen molar-refractivity contribution in [3.63, 3.8) is 0 Å². The molecule has 2 aromatic carbocycles. The summed E-state index contributed by atoms with van der Waals surface area (Å²) in [4.78, 5) is 13.2. The van der Waals surface area contributed by atoms with Gasteiger partial charge in [-0.05, 0) is 61.9 Å². The summed E-state index contributed by atoms with van der Waals surface area (Å²) >= 11 is 0. The van der Waals surface area contributed by atoms with Crippen LogP contribution in [0.5, 0.6) is 11.5 Å². The van der Waals surface area contributed by atoms with Crippen molar-refractivity contribution in [2.75, 3.05) is 27.3 Å². The van der Waals surface area contributed by atoms with Gasteiger partial charge in [-0.15, -0.1) is 0 Å². The van der Waals surface area contributed by atoms with Crippen molar-refractivity contribution in [2.24, 2.45) is 5.92 Å². The largest absolute Gasteiger partial charge is 0.493 e. The molecule has 2 fully saturated rings. The molecule has 0 bridgehead atoms. The maximum Gasteiger partial charge on any atom is 0.243 e. The molecule has 1 heterocycles. The van der Waals surface area contributed by atoms with Crippen LogP contribution in [0, 0.1) is 11.7 Å². The van der Waals surface area contributed by atoms with Crippen molar-refractivity contribution in [2.45, 2.75) is 42.5 Å². The molecule has 1 saturated heterocycles. The van der Waals surface area contributed by atoms with Crippen molar-refractivity contribution in [3.8, 4) is 11.5 Å². The second-order valence-electron chi connectivity index (χ2n) is 8.63. The topological polar surface area (TPSA) is 84.9 Å². The first kappa shape index (κ1) is 23.5. The van der Waals surface area contributed by atoms with Crippen LogP contribution in [-0.2, 0) is 20.4 Å². The van der Waals surface area contributed by atoms with E-state index in [2.05, 4.69) is 5.32 Å². The van der Waals surface area contributed by atoms with Gasteiger partial charge in [0.2, 0.25) is 15.9 Å². The van der Waals surface area contributed by atoms with Gasteiger partial charge in [0, 0.05) is 25.1 Å². The Kier molecular flexibility index (Phi) is 6.63. The number of rotatable bonds is 7. The number of ether oxygens (including phenoxy) is 2. The van der Waals surface area contributed by atoms with Crippen molar-refractivity contribution in [1.29, 1.82) is 0 Å². The smallest absolute Gasteiger partial charge is 0.243 e. The summed E-state index contributed by atoms with van der Waals surface area (Å²) in [5.74, 6) is 0.168. The molecule has 1 aliphatic heterocycles. The van der Waals surface area contributed by atoms with Crippen LogP contribution in [0.1, 0.15) is 37.7 Å². The van der Waals surface area contributed by atoms with Gasteiger partial charge in [0.1, 0.15) is 5.82 Å². The average Bonchev–Trinajstić information content (AvgIpc) is 2.81. The van der Waals surface area contributed by atoms with Gasteiger partial charge in [0.25, 0.3) is 0 Å². The fourth-order valence-electron chi connectivity index (χ4n) is 4.61. The van der Waals surface area contributed by atoms with Gasteiger partial charge in [0.15, 0.2) is 11.5 Å². The highest BCUT2D eigenvalue weighted by molar-refractivity contribution is 7.89. The predicted octanol–water partition coefficient (Wildman–Crippen LogP) is 3.44. The summed E-state index contributed by atoms with van der Waals surface area (Å²) < 4.78 is 51.4. The van der Waals surface area contributed by atoms with Crippen molar-refractivity contribution >= 4 is 15.9 Å². The maximum atomic E-state index is 13.3. The molecule has 0 atom stereocenters. The summed E-state index contributed by atoms with van der Waals surface area (Å²) in [6, 6.07) is 10.8. The zero-order valence-corrected chi connectivity index (χ0v) is 19.7. The van der Waals surface area contributed by atoms with Gasteiger partial charge < -0.3 is 14.8 Å². The first-order chi connectivity index (χ1) is 15.8. The summed E-state index contributed by atoms with van der Waals surface area (Å²) in [6.07, 6.45) is 3.52. The van der Waals surface area contributed by atoms with Crippen molar-refractivity contribution in [1.82, 2.24) is 9.62 Å². The Labute approximate surface area is 193 Å². The molecule has 7 nitrogen and oxygen atoms in total. The van der Waals surface area contributed by atoms with Crippen LogP contribution in [0.3, 0.4) is 0 Å². The maximum absolute atomic E-state index is 13.3. The molecule has 4 rings (SSSR count). The van der Waals surface area contributed by atoms with Crippen molar-refractivity contribution in [3.05, 3.63) is 53.8 Å². The van der Waals surface area contributed by atoms with Gasteiger partial charge in [-0.25, -0.2) is 12.8 Å². The van der Waals surface area contributed by atoms with E-state index in [4.69, 9.17) is 9.47 Å². The standard InChI is InChI=1S/C24H29FN2O5S/c1-31-21-9-8-20(16-22(21)32-2)33(29,30)27-14-10-17(11-15-27)23(28)26-24(12-3-13-24)18-4-6-19(25)7-5-18/h4-9,16-17H,3,10-15H2,1-2H3,(H,26,28). The number of carbonyl (C=O) groups excluding carboxylic acids is 1. The lowest BCUT2D eigenvalue weighted by Crippen LogP contribution is -2.53. The van der Waals surface area contributed by atoms with E-state index >= 15 is 0 Å². The number of benzene rings is 2. The van der Waals surface area contributed by atoms with Crippen LogP contribution in [0.4, 0.5) is 4.39 Å². The third kappa shape index (κ3) is 4.56. The van der Waals surface area contributed by atoms with E-state index < -0.39 is 15.6 Å². The fourth-order valence-corrected chi connectivity index (χ4v) is 6.09. The summed E-state index contributed by atoms with van der Waals surface area (Å²) in [7, 11) is -0.765. The first-order valence-corrected chi connectivity index (χ1v) is 12.5. The number of nitrogens with zero attached hydrogens (tertiary/aromatic N) is 1. The van der Waals surface area contributed by atoms with Crippen LogP contribution in [0.25, 0.3) is 0 Å². The molecule has 1 N–H and O–H groups in total. The minimum absolute atomic E-state index is 0.0674. The van der Waals surface area contributed by atoms with Gasteiger partial charge >= 0.3 is 0 Å². The van der Waals surface area contributed by atoms with Crippen LogP contribution in [0.2, 0.25) is 0 Å². The third-order valence-electron chi connectivity index (χ3n) is 6.78. The Morgan fingerprint density at radius 1 is 1.03 bits per heavy atom. The van der Waals surface area contributed by atoms with Crippen LogP contribution in [0.15, 0.2) is 47.4 Å². The number of piperidine rings is 1. The van der Waals surface area contributed by atoms with E-state index in [-0.39, 0.29) is 35.6 Å². The summed E-state index contributed by atoms with van der Waals surface area (Å²) in [6.45, 7) is 0.524. The second kappa shape index (κ2) is 9.30. The summed E-state index contributed by atoms with van der Waals surface area (Å²) in [5, 5.41) is 3.19. The SMILES string of the molecule is COc1ccc(S(=O)(=O)N2CCC(C(=O)NC3(c4ccc(F)cc4)CCC3)CC2)cc1OC. The molecule has 1 amide bonds. The van der Waals surface area contributed by atoms with E-state index in [1.54, 1.807) is 18.2 Å². The Hall–Kier alpha value is -2.65. The number of amides is 1. The van der Waals surface area contributed by atoms with E-state index in [0.29, 0.717) is 24.3 Å². The van der Waals surface area contributed by atoms with E-state index in [0.717, 1.165) is 24.8 Å². The number of hydrogen-bond donors (Lipinski definition) is 1. The molecule has 0 unspecified atom stereocenters. The highest BCUT2D eigenvalue weighted by Crippen LogP contribution is 2.42. The number of carbonyl (C=O) groups is 1. The molecule has 33 heavy (non-hydrogen) atoms. The Balaban J connectivity index is 1.41. The van der Waals surface area contributed by atoms with Gasteiger partial charge in [-0.3, -0.25) is 4.79 Å². The number of hydrogen-bond acceptors (Lipinski definition) is 5. The Morgan fingerprint density at radius 2 is 1.67 bits per heavy atom. The minimum Gasteiger partial charge on any atom is -0.493 e. The van der Waals surface area contributed by atoms with E-state index in [1.165, 1.54) is 42.8 Å². The highest BCUT2D eigenvalue weighted by Gasteiger charge is 2.42. The van der Waals surface area contributed by atoms with Crippen LogP contribution in [-0.4, -0.2) is 45.9 Å². The molecule has 2 aromatic rings. The monoisotopic (exact) mass is 476 g/mol. The molecule has 9 heteroatoms. The van der Waals surface area contributed by atoms with Gasteiger partial charge in [-0.2, -0.15) is 4.31 Å². The van der Waals surface area contributed by atoms with Crippen LogP contribution >= 0.6 is 0 Å². The predicted molar refractivity (Wildman–Crippen MR) is 121 cm³/mol. The minimum atomic E-state index is -3.71. The van der Waals surface area contributed by atoms with Gasteiger partial charge in [-0.1, -0.05) is 12.1 Å². The lowest BCUT2D eigenvalue weighted by molar-refractivity contribution is -0.129. The molecule has 0 aromatic heterocycles. The first-order valence-electron chi connectivity index (χ1n) is 11.1. The zero-order chi connectivity index (χ0) is 23.6. The molecule has 0 spiro atoms. The number of halogens is 1. The number of nitrogens with one attached hydrogen (secondary N) is 1. The molecular weight excluding hydrogens is 447 g/mol. The Morgan fingerprint density at radius 3 is 2.21 bits per heavy atom. The fraction of sp³-hybridized carbons (Fsp3) is 0.458. The molecule has 1 aliphatic carbocycles. The summed E-state index contributed by atoms with van der Waals surface area (Å²) in [5.41, 5.74) is 0.463. The third-order valence-corrected chi connectivity index (χ3v) is 8.68. The second-order valence-corrected chi connectivity index (χ2v) is 10.6. The van der Waals surface area contributed by atoms with E-state index in [9.17, 15) is 17.6 Å². The Bertz CT molecular complexity index is 1110. The van der Waals surface area contributed by atoms with E-state index in [1.807, 2.05) is 0 Å². The molecule has 178 valence electrons. The number of sulfonamides is 1. The normalized spacial score (nSPS) is 18.9. The lowest BCUT2D eigenvalue weighted by Gasteiger charge is -2.44. The van der Waals surface area contributed by atoms with Crippen LogP contribution < -0.4 is 14.8 Å². The quantitative estimate of drug-likeness (QED) is 0.662. The number of methoxy groups -OCH3 is 2. The average molecular weight is 477 g/mol. The van der Waals surface area contributed by atoms with Crippen molar-refractivity contribution < 1.29 is 27.1 Å². The zero-order valence-electron chi connectivity index (χ0n) is 18.8. The highest BCUT2D eigenvalue weighted by atomic mass is 32.2. The molecule has 0 radical (unpaired) electrons. The molecule has 2 aliphatic rings. The lowest BCUT2D eigenvalue weighted by atomic mass is 9.71. The van der Waals surface area contributed by atoms with Gasteiger partial charge in [0.05, 0.1) is 24.7 Å². The molecular formula is C24H29FN2O5S.